The first-order valence-electron chi connectivity index (χ1n) is 8.84. The van der Waals surface area contributed by atoms with Crippen molar-refractivity contribution in [2.45, 2.75) is 25.7 Å². The molecule has 0 radical (unpaired) electrons. The van der Waals surface area contributed by atoms with Crippen LogP contribution in [0.15, 0.2) is 36.9 Å². The van der Waals surface area contributed by atoms with Crippen molar-refractivity contribution in [2.24, 2.45) is 0 Å². The lowest BCUT2D eigenvalue weighted by molar-refractivity contribution is -0.138. The summed E-state index contributed by atoms with van der Waals surface area (Å²) in [5, 5.41) is 8.89. The fourth-order valence-corrected chi connectivity index (χ4v) is 3.21. The van der Waals surface area contributed by atoms with Gasteiger partial charge in [-0.1, -0.05) is 0 Å². The molecular formula is C19H18F3N5O2. The first-order valence-corrected chi connectivity index (χ1v) is 8.84. The number of pyridine rings is 2. The van der Waals surface area contributed by atoms with Crippen LogP contribution in [0, 0.1) is 11.3 Å². The molecule has 1 aliphatic heterocycles. The Bertz CT molecular complexity index is 929. The van der Waals surface area contributed by atoms with E-state index in [0.717, 1.165) is 12.3 Å². The van der Waals surface area contributed by atoms with Crippen LogP contribution in [0.25, 0.3) is 0 Å². The van der Waals surface area contributed by atoms with Crippen molar-refractivity contribution in [3.63, 3.8) is 0 Å². The molecule has 0 saturated carbocycles. The molecule has 1 fully saturated rings. The molecule has 1 amide bonds. The summed E-state index contributed by atoms with van der Waals surface area (Å²) in [6.45, 7) is 2.96. The molecule has 0 aliphatic carbocycles. The van der Waals surface area contributed by atoms with Gasteiger partial charge in [-0.2, -0.15) is 18.4 Å². The average molecular weight is 405 g/mol. The van der Waals surface area contributed by atoms with E-state index in [-0.39, 0.29) is 29.5 Å². The smallest absolute Gasteiger partial charge is 0.408 e. The fourth-order valence-electron chi connectivity index (χ4n) is 3.21. The highest BCUT2D eigenvalue weighted by Crippen LogP contribution is 2.32. The molecule has 2 aromatic rings. The predicted octanol–water partition coefficient (Wildman–Crippen LogP) is 3.07. The van der Waals surface area contributed by atoms with Gasteiger partial charge in [-0.3, -0.25) is 14.9 Å². The molecule has 1 saturated heterocycles. The van der Waals surface area contributed by atoms with Gasteiger partial charge in [0.25, 0.3) is 0 Å². The topological polar surface area (TPSA) is 82.3 Å². The van der Waals surface area contributed by atoms with Crippen LogP contribution in [0.1, 0.15) is 23.6 Å². The Morgan fingerprint density at radius 2 is 2.10 bits per heavy atom. The Morgan fingerprint density at radius 3 is 2.79 bits per heavy atom. The summed E-state index contributed by atoms with van der Waals surface area (Å²) >= 11 is 0. The molecule has 3 heterocycles. The van der Waals surface area contributed by atoms with Crippen LogP contribution < -0.4 is 4.74 Å². The van der Waals surface area contributed by atoms with E-state index in [4.69, 9.17) is 10.00 Å². The van der Waals surface area contributed by atoms with Gasteiger partial charge in [-0.15, -0.1) is 0 Å². The molecule has 2 aromatic heterocycles. The van der Waals surface area contributed by atoms with E-state index in [2.05, 4.69) is 9.97 Å². The molecule has 1 aliphatic rings. The molecule has 29 heavy (non-hydrogen) atoms. The van der Waals surface area contributed by atoms with Crippen molar-refractivity contribution >= 4 is 6.09 Å². The number of nitriles is 1. The number of rotatable bonds is 3. The first kappa shape index (κ1) is 20.5. The Labute approximate surface area is 165 Å². The highest BCUT2D eigenvalue weighted by atomic mass is 19.4. The van der Waals surface area contributed by atoms with Gasteiger partial charge in [0.15, 0.2) is 5.75 Å². The van der Waals surface area contributed by atoms with E-state index in [1.807, 2.05) is 11.0 Å². The maximum Gasteiger partial charge on any atom is 0.416 e. The minimum absolute atomic E-state index is 0.0873. The molecule has 3 rings (SSSR count). The molecule has 0 bridgehead atoms. The zero-order valence-electron chi connectivity index (χ0n) is 15.6. The third-order valence-electron chi connectivity index (χ3n) is 4.60. The third kappa shape index (κ3) is 5.00. The lowest BCUT2D eigenvalue weighted by Gasteiger charge is -2.39. The summed E-state index contributed by atoms with van der Waals surface area (Å²) in [5.74, 6) is 0.161. The number of halogens is 3. The van der Waals surface area contributed by atoms with Gasteiger partial charge in [0.1, 0.15) is 6.07 Å². The second kappa shape index (κ2) is 8.45. The summed E-state index contributed by atoms with van der Waals surface area (Å²) in [6, 6.07) is 4.02. The van der Waals surface area contributed by atoms with E-state index in [9.17, 15) is 18.0 Å². The number of piperazine rings is 1. The lowest BCUT2D eigenvalue weighted by Crippen LogP contribution is -2.54. The maximum atomic E-state index is 13.2. The Morgan fingerprint density at radius 1 is 1.31 bits per heavy atom. The van der Waals surface area contributed by atoms with Crippen LogP contribution in [-0.2, 0) is 12.7 Å². The highest BCUT2D eigenvalue weighted by molar-refractivity contribution is 5.71. The van der Waals surface area contributed by atoms with Crippen LogP contribution in [0.3, 0.4) is 0 Å². The number of carbonyl (C=O) groups is 1. The highest BCUT2D eigenvalue weighted by Gasteiger charge is 2.35. The number of carbonyl (C=O) groups excluding carboxylic acids is 1. The standard InChI is InChI=1S/C19H18F3N5O2/c1-13-11-26(12-15-9-24-3-2-17(15)19(20,21)22)4-5-27(13)18(28)29-16-6-14(7-23)8-25-10-16/h2-3,6,8-10,13H,4-5,11-12H2,1H3. The van der Waals surface area contributed by atoms with E-state index < -0.39 is 17.8 Å². The molecule has 1 atom stereocenters. The van der Waals surface area contributed by atoms with Crippen LogP contribution in [0.4, 0.5) is 18.0 Å². The van der Waals surface area contributed by atoms with Gasteiger partial charge in [-0.25, -0.2) is 4.79 Å². The first-order chi connectivity index (χ1) is 13.8. The minimum atomic E-state index is -4.44. The summed E-state index contributed by atoms with van der Waals surface area (Å²) < 4.78 is 44.8. The van der Waals surface area contributed by atoms with Crippen molar-refractivity contribution in [3.05, 3.63) is 53.6 Å². The number of alkyl halides is 3. The molecule has 0 aromatic carbocycles. The minimum Gasteiger partial charge on any atom is -0.408 e. The number of hydrogen-bond acceptors (Lipinski definition) is 6. The number of ether oxygens (including phenoxy) is 1. The maximum absolute atomic E-state index is 13.2. The van der Waals surface area contributed by atoms with E-state index in [0.29, 0.717) is 19.6 Å². The van der Waals surface area contributed by atoms with E-state index >= 15 is 0 Å². The van der Waals surface area contributed by atoms with Crippen LogP contribution >= 0.6 is 0 Å². The molecule has 10 heteroatoms. The summed E-state index contributed by atoms with van der Waals surface area (Å²) in [4.78, 5) is 23.4. The van der Waals surface area contributed by atoms with Gasteiger partial charge in [0, 0.05) is 56.9 Å². The van der Waals surface area contributed by atoms with Gasteiger partial charge < -0.3 is 9.64 Å². The molecule has 152 valence electrons. The van der Waals surface area contributed by atoms with Crippen molar-refractivity contribution in [1.82, 2.24) is 19.8 Å². The van der Waals surface area contributed by atoms with Crippen molar-refractivity contribution < 1.29 is 22.7 Å². The van der Waals surface area contributed by atoms with Gasteiger partial charge in [0.05, 0.1) is 17.3 Å². The van der Waals surface area contributed by atoms with E-state index in [1.165, 1.54) is 29.6 Å². The van der Waals surface area contributed by atoms with Crippen molar-refractivity contribution in [3.8, 4) is 11.8 Å². The largest absolute Gasteiger partial charge is 0.416 e. The predicted molar refractivity (Wildman–Crippen MR) is 95.7 cm³/mol. The molecule has 7 nitrogen and oxygen atoms in total. The van der Waals surface area contributed by atoms with Crippen LogP contribution in [0.2, 0.25) is 0 Å². The second-order valence-electron chi connectivity index (χ2n) is 6.70. The van der Waals surface area contributed by atoms with Crippen molar-refractivity contribution in [1.29, 1.82) is 5.26 Å². The summed E-state index contributed by atoms with van der Waals surface area (Å²) in [5.41, 5.74) is -0.334. The summed E-state index contributed by atoms with van der Waals surface area (Å²) in [6.07, 6.45) is 0.00293. The quantitative estimate of drug-likeness (QED) is 0.781. The Balaban J connectivity index is 1.62. The lowest BCUT2D eigenvalue weighted by atomic mass is 10.1. The van der Waals surface area contributed by atoms with Gasteiger partial charge in [0.2, 0.25) is 0 Å². The monoisotopic (exact) mass is 405 g/mol. The number of nitrogens with zero attached hydrogens (tertiary/aromatic N) is 5. The zero-order chi connectivity index (χ0) is 21.0. The SMILES string of the molecule is CC1CN(Cc2cnccc2C(F)(F)F)CCN1C(=O)Oc1cncc(C#N)c1. The second-order valence-corrected chi connectivity index (χ2v) is 6.70. The Kier molecular flexibility index (Phi) is 5.98. The van der Waals surface area contributed by atoms with Crippen molar-refractivity contribution in [2.75, 3.05) is 19.6 Å². The molecule has 0 N–H and O–H groups in total. The summed E-state index contributed by atoms with van der Waals surface area (Å²) in [7, 11) is 0. The zero-order valence-corrected chi connectivity index (χ0v) is 15.6. The number of hydrogen-bond donors (Lipinski definition) is 0. The average Bonchev–Trinajstić information content (AvgIpc) is 2.67. The molecule has 1 unspecified atom stereocenters. The molecular weight excluding hydrogens is 387 g/mol. The fraction of sp³-hybridized carbons (Fsp3) is 0.368. The van der Waals surface area contributed by atoms with Gasteiger partial charge in [-0.05, 0) is 18.6 Å². The van der Waals surface area contributed by atoms with Gasteiger partial charge >= 0.3 is 12.3 Å². The Hall–Kier alpha value is -3.19. The number of amides is 1. The third-order valence-corrected chi connectivity index (χ3v) is 4.60. The van der Waals surface area contributed by atoms with E-state index in [1.54, 1.807) is 6.92 Å². The van der Waals surface area contributed by atoms with Crippen LogP contribution in [-0.4, -0.2) is 51.5 Å². The molecule has 0 spiro atoms. The van der Waals surface area contributed by atoms with Crippen LogP contribution in [0.5, 0.6) is 5.75 Å². The normalized spacial score (nSPS) is 17.6. The number of aromatic nitrogens is 2.